The number of likely N-dealkylation sites (N-methyl/N-ethyl adjacent to an activating group) is 1. The van der Waals surface area contributed by atoms with E-state index in [2.05, 4.69) is 16.1 Å². The molecule has 1 fully saturated rings. The third kappa shape index (κ3) is 5.49. The number of carbonyl (C=O) groups excluding carboxylic acids is 1. The van der Waals surface area contributed by atoms with Gasteiger partial charge in [-0.2, -0.15) is 10.2 Å². The van der Waals surface area contributed by atoms with Gasteiger partial charge in [0.25, 0.3) is 0 Å². The van der Waals surface area contributed by atoms with Crippen molar-refractivity contribution in [2.45, 2.75) is 64.9 Å². The van der Waals surface area contributed by atoms with Crippen molar-refractivity contribution in [3.8, 4) is 29.4 Å². The summed E-state index contributed by atoms with van der Waals surface area (Å²) in [5.74, 6) is 3.32. The van der Waals surface area contributed by atoms with Crippen LogP contribution in [0.15, 0.2) is 24.4 Å². The van der Waals surface area contributed by atoms with Gasteiger partial charge in [-0.25, -0.2) is 14.2 Å². The molecular formula is C27H35N5O4. The van der Waals surface area contributed by atoms with Crippen LogP contribution in [-0.2, 0) is 16.5 Å². The number of hydrogen-bond donors (Lipinski definition) is 0. The third-order valence-corrected chi connectivity index (χ3v) is 6.02. The lowest BCUT2D eigenvalue weighted by molar-refractivity contribution is -0.0367. The Hall–Kier alpha value is -3.51. The van der Waals surface area contributed by atoms with Gasteiger partial charge in [-0.3, -0.25) is 0 Å². The van der Waals surface area contributed by atoms with Gasteiger partial charge in [0.2, 0.25) is 5.88 Å². The second kappa shape index (κ2) is 10.2. The van der Waals surface area contributed by atoms with Crippen LogP contribution in [0.1, 0.15) is 58.9 Å². The van der Waals surface area contributed by atoms with Crippen LogP contribution < -0.4 is 4.74 Å². The summed E-state index contributed by atoms with van der Waals surface area (Å²) in [5.41, 5.74) is 2.71. The number of benzene rings is 1. The fraction of sp³-hybridized carbons (Fsp3) is 0.519. The summed E-state index contributed by atoms with van der Waals surface area (Å²) in [5, 5.41) is 9.97. The molecule has 0 N–H and O–H groups in total. The molecule has 3 heterocycles. The summed E-state index contributed by atoms with van der Waals surface area (Å²) in [4.78, 5) is 13.9. The topological polar surface area (TPSA) is 83.6 Å². The first-order chi connectivity index (χ1) is 17.1. The van der Waals surface area contributed by atoms with E-state index in [9.17, 15) is 4.79 Å². The second-order valence-electron chi connectivity index (χ2n) is 10.3. The summed E-state index contributed by atoms with van der Waals surface area (Å²) < 4.78 is 21.2. The third-order valence-electron chi connectivity index (χ3n) is 6.02. The Morgan fingerprint density at radius 1 is 1.36 bits per heavy atom. The molecule has 2 aromatic heterocycles. The Morgan fingerprint density at radius 2 is 2.14 bits per heavy atom. The molecule has 1 aliphatic heterocycles. The number of nitrogens with zero attached hydrogens (tertiary/aromatic N) is 5. The Kier molecular flexibility index (Phi) is 7.27. The molecule has 1 amide bonds. The number of ether oxygens (including phenoxy) is 3. The predicted octanol–water partition coefficient (Wildman–Crippen LogP) is 4.75. The molecule has 0 saturated carbocycles. The molecule has 2 atom stereocenters. The van der Waals surface area contributed by atoms with Gasteiger partial charge in [-0.1, -0.05) is 6.07 Å². The number of rotatable bonds is 6. The first-order valence-electron chi connectivity index (χ1n) is 12.3. The molecule has 0 aliphatic carbocycles. The molecule has 9 heteroatoms. The fourth-order valence-electron chi connectivity index (χ4n) is 4.34. The SMILES string of the molecule is C#Cc1nn(C2CCCCO2)c2ccc(-c3cnn(C)c3OC(C)CN(C)C(=O)OC(C)(C)C)cc12. The Labute approximate surface area is 212 Å². The number of aromatic nitrogens is 4. The maximum absolute atomic E-state index is 12.4. The maximum Gasteiger partial charge on any atom is 0.410 e. The second-order valence-corrected chi connectivity index (χ2v) is 10.3. The zero-order valence-corrected chi connectivity index (χ0v) is 21.9. The predicted molar refractivity (Wildman–Crippen MR) is 138 cm³/mol. The van der Waals surface area contributed by atoms with Crippen molar-refractivity contribution in [1.29, 1.82) is 0 Å². The molecule has 3 aromatic rings. The molecular weight excluding hydrogens is 458 g/mol. The van der Waals surface area contributed by atoms with Gasteiger partial charge in [-0.05, 0) is 70.6 Å². The standard InChI is InChI=1S/C27H35N5O4/c1-8-22-20-15-19(12-13-23(20)32(29-22)24-11-9-10-14-34-24)21-16-28-31(7)25(21)35-18(2)17-30(6)26(33)36-27(3,4)5/h1,12-13,15-16,18,24H,9-11,14,17H2,2-7H3. The summed E-state index contributed by atoms with van der Waals surface area (Å²) >= 11 is 0. The minimum atomic E-state index is -0.558. The van der Waals surface area contributed by atoms with Crippen LogP contribution in [0.5, 0.6) is 5.88 Å². The molecule has 0 spiro atoms. The number of aryl methyl sites for hydroxylation is 1. The van der Waals surface area contributed by atoms with Crippen LogP contribution >= 0.6 is 0 Å². The zero-order chi connectivity index (χ0) is 26.0. The lowest BCUT2D eigenvalue weighted by atomic mass is 10.1. The first-order valence-corrected chi connectivity index (χ1v) is 12.3. The van der Waals surface area contributed by atoms with Crippen LogP contribution in [0, 0.1) is 12.3 Å². The van der Waals surface area contributed by atoms with Crippen molar-refractivity contribution in [3.05, 3.63) is 30.1 Å². The van der Waals surface area contributed by atoms with E-state index in [0.29, 0.717) is 18.1 Å². The largest absolute Gasteiger partial charge is 0.472 e. The van der Waals surface area contributed by atoms with Gasteiger partial charge < -0.3 is 19.1 Å². The molecule has 4 rings (SSSR count). The van der Waals surface area contributed by atoms with E-state index in [0.717, 1.165) is 47.9 Å². The van der Waals surface area contributed by atoms with Crippen LogP contribution in [-0.4, -0.2) is 62.5 Å². The van der Waals surface area contributed by atoms with E-state index in [-0.39, 0.29) is 12.3 Å². The lowest BCUT2D eigenvalue weighted by Crippen LogP contribution is -2.39. The van der Waals surface area contributed by atoms with Crippen LogP contribution in [0.4, 0.5) is 4.79 Å². The lowest BCUT2D eigenvalue weighted by Gasteiger charge is -2.26. The minimum Gasteiger partial charge on any atom is -0.472 e. The van der Waals surface area contributed by atoms with Crippen LogP contribution in [0.25, 0.3) is 22.0 Å². The highest BCUT2D eigenvalue weighted by Gasteiger charge is 2.24. The Bertz CT molecular complexity index is 1270. The summed E-state index contributed by atoms with van der Waals surface area (Å²) in [7, 11) is 3.52. The van der Waals surface area contributed by atoms with E-state index in [1.165, 1.54) is 4.90 Å². The summed E-state index contributed by atoms with van der Waals surface area (Å²) in [6, 6.07) is 6.07. The molecule has 9 nitrogen and oxygen atoms in total. The quantitative estimate of drug-likeness (QED) is 0.461. The number of fused-ring (bicyclic) bond motifs is 1. The first kappa shape index (κ1) is 25.6. The highest BCUT2D eigenvalue weighted by Crippen LogP contribution is 2.35. The van der Waals surface area contributed by atoms with E-state index < -0.39 is 11.7 Å². The van der Waals surface area contributed by atoms with Crippen molar-refractivity contribution >= 4 is 17.0 Å². The molecule has 0 radical (unpaired) electrons. The van der Waals surface area contributed by atoms with Crippen LogP contribution in [0.2, 0.25) is 0 Å². The number of carbonyl (C=O) groups is 1. The van der Waals surface area contributed by atoms with Crippen molar-refractivity contribution in [2.75, 3.05) is 20.2 Å². The van der Waals surface area contributed by atoms with E-state index in [4.69, 9.17) is 20.6 Å². The van der Waals surface area contributed by atoms with E-state index in [1.807, 2.05) is 57.6 Å². The average Bonchev–Trinajstić information content (AvgIpc) is 3.38. The number of terminal acetylenes is 1. The highest BCUT2D eigenvalue weighted by molar-refractivity contribution is 5.89. The van der Waals surface area contributed by atoms with Crippen molar-refractivity contribution in [1.82, 2.24) is 24.5 Å². The molecule has 192 valence electrons. The molecule has 0 bridgehead atoms. The monoisotopic (exact) mass is 493 g/mol. The Morgan fingerprint density at radius 3 is 2.81 bits per heavy atom. The molecule has 1 aliphatic rings. The molecule has 36 heavy (non-hydrogen) atoms. The molecule has 1 saturated heterocycles. The minimum absolute atomic E-state index is 0.103. The van der Waals surface area contributed by atoms with Gasteiger partial charge in [0.05, 0.1) is 23.8 Å². The van der Waals surface area contributed by atoms with Crippen molar-refractivity contribution in [3.63, 3.8) is 0 Å². The van der Waals surface area contributed by atoms with E-state index >= 15 is 0 Å². The smallest absolute Gasteiger partial charge is 0.410 e. The normalized spacial score (nSPS) is 17.0. The summed E-state index contributed by atoms with van der Waals surface area (Å²) in [6.07, 6.45) is 9.87. The number of hydrogen-bond acceptors (Lipinski definition) is 6. The number of amides is 1. The van der Waals surface area contributed by atoms with E-state index in [1.54, 1.807) is 17.9 Å². The molecule has 1 aromatic carbocycles. The van der Waals surface area contributed by atoms with Gasteiger partial charge in [0, 0.05) is 26.1 Å². The van der Waals surface area contributed by atoms with Gasteiger partial charge in [0.15, 0.2) is 6.23 Å². The fourth-order valence-corrected chi connectivity index (χ4v) is 4.34. The van der Waals surface area contributed by atoms with Gasteiger partial charge in [-0.15, -0.1) is 6.42 Å². The average molecular weight is 494 g/mol. The maximum atomic E-state index is 12.4. The van der Waals surface area contributed by atoms with Gasteiger partial charge in [0.1, 0.15) is 17.4 Å². The highest BCUT2D eigenvalue weighted by atomic mass is 16.6. The summed E-state index contributed by atoms with van der Waals surface area (Å²) in [6.45, 7) is 8.52. The van der Waals surface area contributed by atoms with Crippen molar-refractivity contribution in [2.24, 2.45) is 7.05 Å². The Balaban J connectivity index is 1.57. The van der Waals surface area contributed by atoms with Gasteiger partial charge >= 0.3 is 6.09 Å². The zero-order valence-electron chi connectivity index (χ0n) is 21.9. The molecule has 2 unspecified atom stereocenters. The van der Waals surface area contributed by atoms with Crippen LogP contribution in [0.3, 0.4) is 0 Å². The van der Waals surface area contributed by atoms with Crippen molar-refractivity contribution < 1.29 is 19.0 Å².